The van der Waals surface area contributed by atoms with Crippen molar-refractivity contribution in [3.8, 4) is 0 Å². The van der Waals surface area contributed by atoms with Gasteiger partial charge in [0.25, 0.3) is 0 Å². The lowest BCUT2D eigenvalue weighted by molar-refractivity contribution is 0.100. The molecule has 0 rings (SSSR count). The maximum atomic E-state index is 11.8. The third kappa shape index (κ3) is 4.23. The van der Waals surface area contributed by atoms with Gasteiger partial charge >= 0.3 is 12.1 Å². The van der Waals surface area contributed by atoms with E-state index in [1.54, 1.807) is 13.8 Å². The molecule has 60 valence electrons. The molecule has 0 aromatic rings. The highest BCUT2D eigenvalue weighted by atomic mass is 19.3. The van der Waals surface area contributed by atoms with E-state index >= 15 is 0 Å². The Morgan fingerprint density at radius 2 is 1.80 bits per heavy atom. The van der Waals surface area contributed by atoms with Crippen LogP contribution in [0.1, 0.15) is 13.8 Å². The van der Waals surface area contributed by atoms with Crippen molar-refractivity contribution in [1.82, 2.24) is 0 Å². The van der Waals surface area contributed by atoms with E-state index in [4.69, 9.17) is 0 Å². The quantitative estimate of drug-likeness (QED) is 0.568. The molecule has 0 unspecified atom stereocenters. The molecule has 0 radical (unpaired) electrons. The lowest BCUT2D eigenvalue weighted by Gasteiger charge is -2.03. The lowest BCUT2D eigenvalue weighted by Crippen LogP contribution is -1.99. The van der Waals surface area contributed by atoms with E-state index < -0.39 is 12.1 Å². The second kappa shape index (κ2) is 4.19. The molecule has 0 aliphatic carbocycles. The van der Waals surface area contributed by atoms with E-state index in [1.807, 2.05) is 0 Å². The molecule has 0 bridgehead atoms. The Bertz CT molecular complexity index is 127. The average Bonchev–Trinajstić information content (AvgIpc) is 1.82. The fourth-order valence-electron chi connectivity index (χ4n) is 0.294. The first-order chi connectivity index (χ1) is 4.54. The highest BCUT2D eigenvalue weighted by molar-refractivity contribution is 4.80. The molecular weight excluding hydrogens is 145 g/mol. The molecule has 10 heavy (non-hydrogen) atoms. The number of hydrogen-bond acceptors (Lipinski definition) is 1. The van der Waals surface area contributed by atoms with Gasteiger partial charge in [-0.25, -0.2) is 0 Å². The van der Waals surface area contributed by atoms with Gasteiger partial charge < -0.3 is 4.74 Å². The van der Waals surface area contributed by atoms with Crippen LogP contribution in [0.25, 0.3) is 0 Å². The minimum Gasteiger partial charge on any atom is -0.467 e. The molecule has 0 saturated carbocycles. The summed E-state index contributed by atoms with van der Waals surface area (Å²) >= 11 is 0. The summed E-state index contributed by atoms with van der Waals surface area (Å²) in [6, 6.07) is -1.77. The van der Waals surface area contributed by atoms with Gasteiger partial charge in [0.1, 0.15) is 0 Å². The van der Waals surface area contributed by atoms with Gasteiger partial charge in [-0.3, -0.25) is 0 Å². The van der Waals surface area contributed by atoms with Gasteiger partial charge in [-0.15, -0.1) is 0 Å². The number of rotatable bonds is 3. The summed E-state index contributed by atoms with van der Waals surface area (Å²) in [5.74, 6) is 0.0464. The van der Waals surface area contributed by atoms with E-state index in [9.17, 15) is 13.2 Å². The molecule has 0 aromatic heterocycles. The molecule has 0 fully saturated rings. The van der Waals surface area contributed by atoms with E-state index in [0.29, 0.717) is 0 Å². The molecule has 0 aliphatic heterocycles. The Hall–Kier alpha value is -0.670. The highest BCUT2D eigenvalue weighted by Crippen LogP contribution is 2.11. The molecule has 0 spiro atoms. The fourth-order valence-corrected chi connectivity index (χ4v) is 0.294. The van der Waals surface area contributed by atoms with Gasteiger partial charge in [0.15, 0.2) is 0 Å². The molecule has 0 N–H and O–H groups in total. The summed E-state index contributed by atoms with van der Waals surface area (Å²) in [4.78, 5) is 0. The maximum absolute atomic E-state index is 11.8. The molecule has 0 aromatic carbocycles. The second-order valence-electron chi connectivity index (χ2n) is 2.24. The predicted molar refractivity (Wildman–Crippen MR) is 31.1 cm³/mol. The Morgan fingerprint density at radius 1 is 1.30 bits per heavy atom. The highest BCUT2D eigenvalue weighted by Gasteiger charge is 2.05. The Morgan fingerprint density at radius 3 is 2.10 bits per heavy atom. The van der Waals surface area contributed by atoms with Gasteiger partial charge in [0.05, 0.1) is 6.61 Å². The summed E-state index contributed by atoms with van der Waals surface area (Å²) in [6.07, 6.45) is -2.40. The van der Waals surface area contributed by atoms with Crippen LogP contribution in [0.3, 0.4) is 0 Å². The van der Waals surface area contributed by atoms with Crippen LogP contribution in [0.5, 0.6) is 0 Å². The standard InChI is InChI=1S/C6H9F3O/c1-4(2)3-10-6(9)5(7)8/h4H,3H2,1-2H3. The smallest absolute Gasteiger partial charge is 0.342 e. The fraction of sp³-hybridized carbons (Fsp3) is 0.667. The summed E-state index contributed by atoms with van der Waals surface area (Å²) in [6.45, 7) is 3.45. The minimum absolute atomic E-state index is 0.0246. The molecule has 0 heterocycles. The van der Waals surface area contributed by atoms with E-state index in [-0.39, 0.29) is 12.5 Å². The maximum Gasteiger partial charge on any atom is 0.342 e. The van der Waals surface area contributed by atoms with Gasteiger partial charge in [-0.2, -0.15) is 13.2 Å². The van der Waals surface area contributed by atoms with Crippen LogP contribution in [0.2, 0.25) is 0 Å². The van der Waals surface area contributed by atoms with E-state index in [1.165, 1.54) is 0 Å². The first-order valence-corrected chi connectivity index (χ1v) is 2.87. The minimum atomic E-state index is -2.40. The topological polar surface area (TPSA) is 9.23 Å². The monoisotopic (exact) mass is 154 g/mol. The van der Waals surface area contributed by atoms with Gasteiger partial charge in [0, 0.05) is 0 Å². The van der Waals surface area contributed by atoms with Crippen molar-refractivity contribution in [3.05, 3.63) is 12.1 Å². The summed E-state index contributed by atoms with van der Waals surface area (Å²) in [7, 11) is 0. The van der Waals surface area contributed by atoms with Crippen molar-refractivity contribution >= 4 is 0 Å². The van der Waals surface area contributed by atoms with E-state index in [0.717, 1.165) is 0 Å². The zero-order valence-electron chi connectivity index (χ0n) is 5.83. The zero-order valence-corrected chi connectivity index (χ0v) is 5.83. The van der Waals surface area contributed by atoms with Gasteiger partial charge in [-0.05, 0) is 5.92 Å². The van der Waals surface area contributed by atoms with Crippen LogP contribution in [-0.2, 0) is 4.74 Å². The third-order valence-electron chi connectivity index (χ3n) is 0.692. The molecular formula is C6H9F3O. The molecule has 0 aliphatic rings. The first-order valence-electron chi connectivity index (χ1n) is 2.87. The summed E-state index contributed by atoms with van der Waals surface area (Å²) < 4.78 is 38.3. The zero-order chi connectivity index (χ0) is 8.15. The molecule has 0 atom stereocenters. The SMILES string of the molecule is CC(C)COC(F)=C(F)F. The van der Waals surface area contributed by atoms with Crippen LogP contribution in [0, 0.1) is 5.92 Å². The first kappa shape index (κ1) is 9.33. The summed E-state index contributed by atoms with van der Waals surface area (Å²) in [5.41, 5.74) is 0. The van der Waals surface area contributed by atoms with Crippen molar-refractivity contribution in [1.29, 1.82) is 0 Å². The van der Waals surface area contributed by atoms with Crippen LogP contribution in [0.15, 0.2) is 12.1 Å². The second-order valence-corrected chi connectivity index (χ2v) is 2.24. The van der Waals surface area contributed by atoms with Crippen LogP contribution in [0.4, 0.5) is 13.2 Å². The number of ether oxygens (including phenoxy) is 1. The number of hydrogen-bond donors (Lipinski definition) is 0. The molecule has 0 saturated heterocycles. The largest absolute Gasteiger partial charge is 0.467 e. The average molecular weight is 154 g/mol. The Balaban J connectivity index is 3.60. The third-order valence-corrected chi connectivity index (χ3v) is 0.692. The molecule has 1 nitrogen and oxygen atoms in total. The normalized spacial score (nSPS) is 9.80. The van der Waals surface area contributed by atoms with Crippen molar-refractivity contribution < 1.29 is 17.9 Å². The Kier molecular flexibility index (Phi) is 3.91. The Labute approximate surface area is 57.5 Å². The molecule has 4 heteroatoms. The van der Waals surface area contributed by atoms with Gasteiger partial charge in [0.2, 0.25) is 0 Å². The number of halogens is 3. The van der Waals surface area contributed by atoms with Crippen molar-refractivity contribution in [2.24, 2.45) is 5.92 Å². The molecule has 0 amide bonds. The van der Waals surface area contributed by atoms with E-state index in [2.05, 4.69) is 4.74 Å². The lowest BCUT2D eigenvalue weighted by atomic mass is 10.2. The van der Waals surface area contributed by atoms with Crippen LogP contribution < -0.4 is 0 Å². The van der Waals surface area contributed by atoms with Gasteiger partial charge in [-0.1, -0.05) is 13.8 Å². The van der Waals surface area contributed by atoms with Crippen molar-refractivity contribution in [2.45, 2.75) is 13.8 Å². The van der Waals surface area contributed by atoms with Crippen LogP contribution in [-0.4, -0.2) is 6.61 Å². The van der Waals surface area contributed by atoms with Crippen LogP contribution >= 0.6 is 0 Å². The summed E-state index contributed by atoms with van der Waals surface area (Å²) in [5, 5.41) is 0. The van der Waals surface area contributed by atoms with Crippen molar-refractivity contribution in [3.63, 3.8) is 0 Å². The predicted octanol–water partition coefficient (Wildman–Crippen LogP) is 2.69. The van der Waals surface area contributed by atoms with Crippen molar-refractivity contribution in [2.75, 3.05) is 6.61 Å².